The zero-order valence-electron chi connectivity index (χ0n) is 21.2. The van der Waals surface area contributed by atoms with E-state index < -0.39 is 11.6 Å². The Morgan fingerprint density at radius 1 is 1.05 bits per heavy atom. The monoisotopic (exact) mass is 501 g/mol. The molecule has 0 amide bonds. The SMILES string of the molecule is CN(C)CCN(C)c1cc(-c2cnc3ccc(N4CCCC4c4cc(F)ccc4F)nn23)ccc1C#N. The van der Waals surface area contributed by atoms with E-state index in [4.69, 9.17) is 5.10 Å². The molecule has 0 bridgehead atoms. The number of halogens is 2. The maximum absolute atomic E-state index is 14.6. The fourth-order valence-corrected chi connectivity index (χ4v) is 4.92. The summed E-state index contributed by atoms with van der Waals surface area (Å²) in [5.41, 5.74) is 4.15. The van der Waals surface area contributed by atoms with Crippen molar-refractivity contribution in [2.75, 3.05) is 50.6 Å². The van der Waals surface area contributed by atoms with Gasteiger partial charge in [-0.1, -0.05) is 6.07 Å². The van der Waals surface area contributed by atoms with Crippen LogP contribution in [0.3, 0.4) is 0 Å². The van der Waals surface area contributed by atoms with E-state index in [1.807, 2.05) is 56.4 Å². The van der Waals surface area contributed by atoms with Crippen molar-refractivity contribution in [3.63, 3.8) is 0 Å². The average molecular weight is 502 g/mol. The van der Waals surface area contributed by atoms with Gasteiger partial charge < -0.3 is 14.7 Å². The molecule has 1 fully saturated rings. The molecule has 0 spiro atoms. The lowest BCUT2D eigenvalue weighted by Crippen LogP contribution is -2.28. The molecule has 190 valence electrons. The first-order chi connectivity index (χ1) is 17.9. The molecule has 5 rings (SSSR count). The van der Waals surface area contributed by atoms with Crippen molar-refractivity contribution in [2.24, 2.45) is 0 Å². The summed E-state index contributed by atoms with van der Waals surface area (Å²) in [5.74, 6) is -0.184. The molecule has 3 heterocycles. The Morgan fingerprint density at radius 2 is 1.89 bits per heavy atom. The van der Waals surface area contributed by atoms with E-state index in [-0.39, 0.29) is 6.04 Å². The third-order valence-corrected chi connectivity index (χ3v) is 6.92. The third kappa shape index (κ3) is 4.85. The fraction of sp³-hybridized carbons (Fsp3) is 0.321. The predicted molar refractivity (Wildman–Crippen MR) is 141 cm³/mol. The molecule has 37 heavy (non-hydrogen) atoms. The van der Waals surface area contributed by atoms with Crippen LogP contribution in [-0.4, -0.2) is 60.3 Å². The maximum atomic E-state index is 14.6. The number of nitrogens with zero attached hydrogens (tertiary/aromatic N) is 7. The van der Waals surface area contributed by atoms with Gasteiger partial charge in [-0.3, -0.25) is 0 Å². The van der Waals surface area contributed by atoms with E-state index in [2.05, 4.69) is 20.9 Å². The van der Waals surface area contributed by atoms with Crippen LogP contribution in [0.1, 0.15) is 30.0 Å². The van der Waals surface area contributed by atoms with Gasteiger partial charge in [0.1, 0.15) is 23.5 Å². The highest BCUT2D eigenvalue weighted by Crippen LogP contribution is 2.37. The zero-order valence-corrected chi connectivity index (χ0v) is 21.2. The summed E-state index contributed by atoms with van der Waals surface area (Å²) < 4.78 is 30.3. The van der Waals surface area contributed by atoms with E-state index >= 15 is 0 Å². The number of hydrogen-bond donors (Lipinski definition) is 0. The zero-order chi connectivity index (χ0) is 26.1. The Labute approximate surface area is 215 Å². The molecule has 4 aromatic rings. The molecule has 1 saturated heterocycles. The highest BCUT2D eigenvalue weighted by molar-refractivity contribution is 5.72. The smallest absolute Gasteiger partial charge is 0.154 e. The first-order valence-electron chi connectivity index (χ1n) is 12.3. The maximum Gasteiger partial charge on any atom is 0.154 e. The second-order valence-corrected chi connectivity index (χ2v) is 9.69. The summed E-state index contributed by atoms with van der Waals surface area (Å²) in [6, 6.07) is 15.1. The molecule has 9 heteroatoms. The minimum Gasteiger partial charge on any atom is -0.372 e. The van der Waals surface area contributed by atoms with Crippen LogP contribution in [0.15, 0.2) is 54.7 Å². The van der Waals surface area contributed by atoms with Gasteiger partial charge in [-0.15, -0.1) is 5.10 Å². The summed E-state index contributed by atoms with van der Waals surface area (Å²) >= 11 is 0. The number of anilines is 2. The molecule has 0 radical (unpaired) electrons. The van der Waals surface area contributed by atoms with Crippen LogP contribution in [0.4, 0.5) is 20.3 Å². The molecule has 1 aliphatic heterocycles. The van der Waals surface area contributed by atoms with Gasteiger partial charge in [0, 0.05) is 37.8 Å². The number of rotatable bonds is 7. The van der Waals surface area contributed by atoms with Gasteiger partial charge in [0.25, 0.3) is 0 Å². The highest BCUT2D eigenvalue weighted by atomic mass is 19.1. The van der Waals surface area contributed by atoms with Crippen LogP contribution in [0, 0.1) is 23.0 Å². The molecule has 2 aromatic heterocycles. The van der Waals surface area contributed by atoms with Crippen molar-refractivity contribution in [2.45, 2.75) is 18.9 Å². The van der Waals surface area contributed by atoms with Crippen molar-refractivity contribution in [3.8, 4) is 17.3 Å². The normalized spacial score (nSPS) is 15.5. The highest BCUT2D eigenvalue weighted by Gasteiger charge is 2.30. The molecule has 2 aromatic carbocycles. The lowest BCUT2D eigenvalue weighted by molar-refractivity contribution is 0.416. The van der Waals surface area contributed by atoms with Gasteiger partial charge in [-0.2, -0.15) is 5.26 Å². The van der Waals surface area contributed by atoms with Crippen LogP contribution in [0.25, 0.3) is 16.9 Å². The van der Waals surface area contributed by atoms with E-state index in [1.54, 1.807) is 10.7 Å². The molecule has 1 aliphatic rings. The number of fused-ring (bicyclic) bond motifs is 1. The molecule has 0 aliphatic carbocycles. The van der Waals surface area contributed by atoms with Crippen LogP contribution < -0.4 is 9.80 Å². The van der Waals surface area contributed by atoms with E-state index in [0.29, 0.717) is 29.1 Å². The Balaban J connectivity index is 1.52. The standard InChI is InChI=1S/C28H29F2N7/c1-34(2)13-14-35(3)25-15-19(6-7-20(25)17-31)26-18-32-27-10-11-28(33-37(26)27)36-12-4-5-24(36)22-16-21(29)8-9-23(22)30/h6-11,15-16,18,24H,4-5,12-14H2,1-3H3. The van der Waals surface area contributed by atoms with Gasteiger partial charge in [-0.25, -0.2) is 18.3 Å². The number of nitriles is 1. The third-order valence-electron chi connectivity index (χ3n) is 6.92. The molecule has 0 N–H and O–H groups in total. The summed E-state index contributed by atoms with van der Waals surface area (Å²) in [5, 5.41) is 14.6. The van der Waals surface area contributed by atoms with Crippen molar-refractivity contribution < 1.29 is 8.78 Å². The molecular weight excluding hydrogens is 472 g/mol. The first-order valence-corrected chi connectivity index (χ1v) is 12.3. The number of likely N-dealkylation sites (N-methyl/N-ethyl adjacent to an activating group) is 2. The minimum absolute atomic E-state index is 0.292. The summed E-state index contributed by atoms with van der Waals surface area (Å²) in [7, 11) is 6.02. The Bertz CT molecular complexity index is 1470. The summed E-state index contributed by atoms with van der Waals surface area (Å²) in [6.45, 7) is 2.32. The first kappa shape index (κ1) is 24.7. The predicted octanol–water partition coefficient (Wildman–Crippen LogP) is 4.89. The van der Waals surface area contributed by atoms with Crippen molar-refractivity contribution >= 4 is 17.2 Å². The Kier molecular flexibility index (Phi) is 6.76. The van der Waals surface area contributed by atoms with Gasteiger partial charge >= 0.3 is 0 Å². The summed E-state index contributed by atoms with van der Waals surface area (Å²) in [6.07, 6.45) is 3.34. The van der Waals surface area contributed by atoms with Gasteiger partial charge in [0.05, 0.1) is 29.2 Å². The van der Waals surface area contributed by atoms with E-state index in [9.17, 15) is 14.0 Å². The van der Waals surface area contributed by atoms with Gasteiger partial charge in [0.2, 0.25) is 0 Å². The lowest BCUT2D eigenvalue weighted by atomic mass is 10.0. The molecule has 0 saturated carbocycles. The number of hydrogen-bond acceptors (Lipinski definition) is 6. The Morgan fingerprint density at radius 3 is 2.68 bits per heavy atom. The van der Waals surface area contributed by atoms with Crippen LogP contribution in [0.5, 0.6) is 0 Å². The van der Waals surface area contributed by atoms with Crippen LogP contribution in [-0.2, 0) is 0 Å². The number of aromatic nitrogens is 3. The van der Waals surface area contributed by atoms with Crippen LogP contribution in [0.2, 0.25) is 0 Å². The molecule has 7 nitrogen and oxygen atoms in total. The van der Waals surface area contributed by atoms with E-state index in [1.165, 1.54) is 12.1 Å². The molecule has 1 unspecified atom stereocenters. The van der Waals surface area contributed by atoms with Crippen molar-refractivity contribution in [3.05, 3.63) is 77.5 Å². The second kappa shape index (κ2) is 10.1. The Hall–Kier alpha value is -4.03. The number of benzene rings is 2. The van der Waals surface area contributed by atoms with Gasteiger partial charge in [-0.05, 0) is 69.4 Å². The van der Waals surface area contributed by atoms with E-state index in [0.717, 1.165) is 48.9 Å². The molecule has 1 atom stereocenters. The van der Waals surface area contributed by atoms with Crippen molar-refractivity contribution in [1.82, 2.24) is 19.5 Å². The average Bonchev–Trinajstić information content (AvgIpc) is 3.55. The largest absolute Gasteiger partial charge is 0.372 e. The number of imidazole rings is 1. The molecular formula is C28H29F2N7. The second-order valence-electron chi connectivity index (χ2n) is 9.69. The van der Waals surface area contributed by atoms with Crippen molar-refractivity contribution in [1.29, 1.82) is 5.26 Å². The minimum atomic E-state index is -0.448. The van der Waals surface area contributed by atoms with Crippen LogP contribution >= 0.6 is 0 Å². The fourth-order valence-electron chi connectivity index (χ4n) is 4.92. The summed E-state index contributed by atoms with van der Waals surface area (Å²) in [4.78, 5) is 10.7. The van der Waals surface area contributed by atoms with Gasteiger partial charge in [0.15, 0.2) is 5.65 Å². The topological polar surface area (TPSA) is 63.7 Å². The lowest BCUT2D eigenvalue weighted by Gasteiger charge is -2.26. The quantitative estimate of drug-likeness (QED) is 0.360.